The molecule has 0 aliphatic heterocycles. The van der Waals surface area contributed by atoms with Gasteiger partial charge in [-0.25, -0.2) is 0 Å². The molecule has 24 heavy (non-hydrogen) atoms. The van der Waals surface area contributed by atoms with Crippen molar-refractivity contribution in [2.45, 2.75) is 6.92 Å². The van der Waals surface area contributed by atoms with E-state index in [1.54, 1.807) is 18.2 Å². The summed E-state index contributed by atoms with van der Waals surface area (Å²) in [6, 6.07) is 18.8. The number of pyridine rings is 1. The van der Waals surface area contributed by atoms with E-state index in [1.807, 2.05) is 61.5 Å². The Bertz CT molecular complexity index is 870. The fourth-order valence-electron chi connectivity index (χ4n) is 2.24. The predicted octanol–water partition coefficient (Wildman–Crippen LogP) is 6.66. The molecule has 120 valence electrons. The van der Waals surface area contributed by atoms with Gasteiger partial charge in [-0.15, -0.1) is 0 Å². The lowest BCUT2D eigenvalue weighted by atomic mass is 10.2. The van der Waals surface area contributed by atoms with Crippen molar-refractivity contribution >= 4 is 35.4 Å². The highest BCUT2D eigenvalue weighted by atomic mass is 35.5. The van der Waals surface area contributed by atoms with Crippen molar-refractivity contribution in [3.8, 4) is 11.5 Å². The molecule has 0 saturated heterocycles. The van der Waals surface area contributed by atoms with Crippen LogP contribution in [0.2, 0.25) is 10.0 Å². The van der Waals surface area contributed by atoms with E-state index in [-0.39, 0.29) is 0 Å². The van der Waals surface area contributed by atoms with Gasteiger partial charge in [0.2, 0.25) is 0 Å². The molecule has 1 aromatic heterocycles. The Balaban J connectivity index is 1.79. The molecule has 0 bridgehead atoms. The molecule has 0 unspecified atom stereocenters. The van der Waals surface area contributed by atoms with Gasteiger partial charge in [0.15, 0.2) is 0 Å². The lowest BCUT2D eigenvalue weighted by molar-refractivity contribution is 0.482. The van der Waals surface area contributed by atoms with Gasteiger partial charge in [0.05, 0.1) is 5.69 Å². The van der Waals surface area contributed by atoms with Crippen molar-refractivity contribution in [3.63, 3.8) is 0 Å². The van der Waals surface area contributed by atoms with E-state index >= 15 is 0 Å². The van der Waals surface area contributed by atoms with Crippen LogP contribution in [0.1, 0.15) is 17.0 Å². The van der Waals surface area contributed by atoms with E-state index in [0.29, 0.717) is 21.5 Å². The summed E-state index contributed by atoms with van der Waals surface area (Å²) in [5.41, 5.74) is 2.93. The molecule has 0 saturated carbocycles. The summed E-state index contributed by atoms with van der Waals surface area (Å²) in [5.74, 6) is 1.32. The minimum absolute atomic E-state index is 0.541. The molecule has 0 fully saturated rings. The predicted molar refractivity (Wildman–Crippen MR) is 101 cm³/mol. The summed E-state index contributed by atoms with van der Waals surface area (Å²) in [4.78, 5) is 4.45. The molecule has 1 heterocycles. The number of rotatable bonds is 4. The number of aryl methyl sites for hydroxylation is 1. The van der Waals surface area contributed by atoms with Crippen molar-refractivity contribution in [1.82, 2.24) is 4.98 Å². The zero-order chi connectivity index (χ0) is 16.9. The van der Waals surface area contributed by atoms with E-state index in [4.69, 9.17) is 27.9 Å². The summed E-state index contributed by atoms with van der Waals surface area (Å²) in [6.07, 6.45) is 3.97. The largest absolute Gasteiger partial charge is 0.457 e. The maximum Gasteiger partial charge on any atom is 0.130 e. The Labute approximate surface area is 151 Å². The van der Waals surface area contributed by atoms with E-state index in [0.717, 1.165) is 17.0 Å². The van der Waals surface area contributed by atoms with Gasteiger partial charge >= 0.3 is 0 Å². The molecule has 0 amide bonds. The van der Waals surface area contributed by atoms with Crippen LogP contribution < -0.4 is 4.74 Å². The molecule has 0 N–H and O–H groups in total. The molecule has 0 radical (unpaired) electrons. The number of aromatic nitrogens is 1. The van der Waals surface area contributed by atoms with Crippen LogP contribution in [0.3, 0.4) is 0 Å². The smallest absolute Gasteiger partial charge is 0.130 e. The standard InChI is InChI=1S/C20H15Cl2NO/c1-14-4-2-6-18(23-14)9-8-15-5-3-7-19(10-15)24-20-12-16(21)11-17(22)13-20/h2-13H,1H3. The third kappa shape index (κ3) is 4.60. The van der Waals surface area contributed by atoms with Crippen LogP contribution >= 0.6 is 23.2 Å². The van der Waals surface area contributed by atoms with Crippen molar-refractivity contribution in [2.24, 2.45) is 0 Å². The average Bonchev–Trinajstić information content (AvgIpc) is 2.52. The summed E-state index contributed by atoms with van der Waals surface area (Å²) in [5, 5.41) is 1.08. The molecule has 2 nitrogen and oxygen atoms in total. The van der Waals surface area contributed by atoms with Gasteiger partial charge in [0, 0.05) is 15.7 Å². The quantitative estimate of drug-likeness (QED) is 0.521. The lowest BCUT2D eigenvalue weighted by Crippen LogP contribution is -1.86. The van der Waals surface area contributed by atoms with Crippen molar-refractivity contribution < 1.29 is 4.74 Å². The second kappa shape index (κ2) is 7.52. The third-order valence-corrected chi connectivity index (χ3v) is 3.72. The molecular formula is C20H15Cl2NO. The van der Waals surface area contributed by atoms with Crippen LogP contribution in [0.15, 0.2) is 60.7 Å². The van der Waals surface area contributed by atoms with Gasteiger partial charge in [-0.2, -0.15) is 0 Å². The molecule has 0 aliphatic rings. The first-order valence-corrected chi connectivity index (χ1v) is 8.20. The Morgan fingerprint density at radius 1 is 0.833 bits per heavy atom. The van der Waals surface area contributed by atoms with Gasteiger partial charge in [0.25, 0.3) is 0 Å². The topological polar surface area (TPSA) is 22.1 Å². The second-order valence-electron chi connectivity index (χ2n) is 5.32. The summed E-state index contributed by atoms with van der Waals surface area (Å²) in [6.45, 7) is 1.97. The highest BCUT2D eigenvalue weighted by Gasteiger charge is 2.02. The summed E-state index contributed by atoms with van der Waals surface area (Å²) >= 11 is 12.0. The summed E-state index contributed by atoms with van der Waals surface area (Å²) in [7, 11) is 0. The van der Waals surface area contributed by atoms with Crippen LogP contribution in [-0.2, 0) is 0 Å². The van der Waals surface area contributed by atoms with Gasteiger partial charge in [-0.1, -0.05) is 47.5 Å². The van der Waals surface area contributed by atoms with Crippen LogP contribution in [0.25, 0.3) is 12.2 Å². The van der Waals surface area contributed by atoms with Gasteiger partial charge in [-0.3, -0.25) is 4.98 Å². The normalized spacial score (nSPS) is 11.0. The zero-order valence-electron chi connectivity index (χ0n) is 13.0. The van der Waals surface area contributed by atoms with E-state index < -0.39 is 0 Å². The number of halogens is 2. The van der Waals surface area contributed by atoms with E-state index in [2.05, 4.69) is 4.98 Å². The molecule has 3 rings (SSSR count). The molecule has 2 aromatic carbocycles. The number of hydrogen-bond acceptors (Lipinski definition) is 2. The van der Waals surface area contributed by atoms with Gasteiger partial charge < -0.3 is 4.74 Å². The molecular weight excluding hydrogens is 341 g/mol. The molecule has 0 spiro atoms. The van der Waals surface area contributed by atoms with Crippen molar-refractivity contribution in [3.05, 3.63) is 87.7 Å². The average molecular weight is 356 g/mol. The van der Waals surface area contributed by atoms with Gasteiger partial charge in [-0.05, 0) is 61.0 Å². The first kappa shape index (κ1) is 16.6. The number of benzene rings is 2. The van der Waals surface area contributed by atoms with Crippen LogP contribution in [-0.4, -0.2) is 4.98 Å². The fourth-order valence-corrected chi connectivity index (χ4v) is 2.75. The fraction of sp³-hybridized carbons (Fsp3) is 0.0500. The molecule has 4 heteroatoms. The molecule has 0 aliphatic carbocycles. The zero-order valence-corrected chi connectivity index (χ0v) is 14.6. The highest BCUT2D eigenvalue weighted by Crippen LogP contribution is 2.28. The lowest BCUT2D eigenvalue weighted by Gasteiger charge is -2.07. The molecule has 0 atom stereocenters. The number of hydrogen-bond donors (Lipinski definition) is 0. The minimum atomic E-state index is 0.541. The first-order valence-electron chi connectivity index (χ1n) is 7.44. The van der Waals surface area contributed by atoms with E-state index in [9.17, 15) is 0 Å². The Morgan fingerprint density at radius 3 is 2.33 bits per heavy atom. The Kier molecular flexibility index (Phi) is 5.19. The van der Waals surface area contributed by atoms with E-state index in [1.165, 1.54) is 0 Å². The molecule has 3 aromatic rings. The van der Waals surface area contributed by atoms with Crippen molar-refractivity contribution in [2.75, 3.05) is 0 Å². The summed E-state index contributed by atoms with van der Waals surface area (Å²) < 4.78 is 5.83. The van der Waals surface area contributed by atoms with Crippen LogP contribution in [0.5, 0.6) is 11.5 Å². The Hall–Kier alpha value is -2.29. The maximum absolute atomic E-state index is 6.00. The van der Waals surface area contributed by atoms with Gasteiger partial charge in [0.1, 0.15) is 11.5 Å². The first-order chi connectivity index (χ1) is 11.6. The Morgan fingerprint density at radius 2 is 1.58 bits per heavy atom. The second-order valence-corrected chi connectivity index (χ2v) is 6.19. The number of nitrogens with zero attached hydrogens (tertiary/aromatic N) is 1. The van der Waals surface area contributed by atoms with Crippen LogP contribution in [0.4, 0.5) is 0 Å². The monoisotopic (exact) mass is 355 g/mol. The van der Waals surface area contributed by atoms with Crippen LogP contribution in [0, 0.1) is 6.92 Å². The minimum Gasteiger partial charge on any atom is -0.457 e. The third-order valence-electron chi connectivity index (χ3n) is 3.29. The highest BCUT2D eigenvalue weighted by molar-refractivity contribution is 6.34. The van der Waals surface area contributed by atoms with Crippen molar-refractivity contribution in [1.29, 1.82) is 0 Å². The number of ether oxygens (including phenoxy) is 1. The maximum atomic E-state index is 6.00. The SMILES string of the molecule is Cc1cccc(C=Cc2cccc(Oc3cc(Cl)cc(Cl)c3)c2)n1.